The molecule has 8 aromatic rings. The quantitative estimate of drug-likeness (QED) is 0.180. The molecule has 0 radical (unpaired) electrons. The molecule has 0 N–H and O–H groups in total. The van der Waals surface area contributed by atoms with Crippen LogP contribution in [0, 0.1) is 13.8 Å². The van der Waals surface area contributed by atoms with Gasteiger partial charge in [0.05, 0.1) is 21.3 Å². The third-order valence-electron chi connectivity index (χ3n) is 9.72. The molecule has 0 saturated carbocycles. The van der Waals surface area contributed by atoms with Crippen LogP contribution >= 0.6 is 11.3 Å². The molecule has 1 aliphatic rings. The second-order valence-corrected chi connectivity index (χ2v) is 13.7. The van der Waals surface area contributed by atoms with Crippen molar-refractivity contribution in [2.45, 2.75) is 19.3 Å². The summed E-state index contributed by atoms with van der Waals surface area (Å²) >= 11 is 1.71. The van der Waals surface area contributed by atoms with Crippen LogP contribution in [-0.2, 0) is 5.41 Å². The molecule has 1 aliphatic carbocycles. The Hall–Kier alpha value is -5.84. The average Bonchev–Trinajstić information content (AvgIpc) is 3.70. The summed E-state index contributed by atoms with van der Waals surface area (Å²) in [6, 6.07) is 53.5. The molecular weight excluding hydrogens is 617 g/mol. The van der Waals surface area contributed by atoms with Crippen LogP contribution in [-0.4, -0.2) is 9.97 Å². The van der Waals surface area contributed by atoms with Crippen LogP contribution in [0.4, 0.5) is 0 Å². The minimum atomic E-state index is -0.597. The number of para-hydroxylation sites is 1. The molecule has 0 bridgehead atoms. The fourth-order valence-electron chi connectivity index (χ4n) is 7.67. The van der Waals surface area contributed by atoms with Gasteiger partial charge >= 0.3 is 0 Å². The van der Waals surface area contributed by atoms with Crippen molar-refractivity contribution >= 4 is 21.6 Å². The molecule has 0 unspecified atom stereocenters. The zero-order chi connectivity index (χ0) is 33.0. The van der Waals surface area contributed by atoms with Gasteiger partial charge in [-0.2, -0.15) is 0 Å². The van der Waals surface area contributed by atoms with Crippen molar-refractivity contribution in [1.29, 1.82) is 0 Å². The van der Waals surface area contributed by atoms with Gasteiger partial charge < -0.3 is 4.74 Å². The highest BCUT2D eigenvalue weighted by atomic mass is 32.1. The van der Waals surface area contributed by atoms with Gasteiger partial charge in [-0.3, -0.25) is 4.98 Å². The van der Waals surface area contributed by atoms with E-state index < -0.39 is 5.41 Å². The zero-order valence-corrected chi connectivity index (χ0v) is 28.0. The third-order valence-corrected chi connectivity index (χ3v) is 10.8. The number of ether oxygens (including phenoxy) is 1. The maximum atomic E-state index is 6.87. The van der Waals surface area contributed by atoms with Crippen LogP contribution in [0.15, 0.2) is 158 Å². The maximum absolute atomic E-state index is 6.87. The summed E-state index contributed by atoms with van der Waals surface area (Å²) in [7, 11) is 0. The molecule has 0 aliphatic heterocycles. The molecule has 0 fully saturated rings. The predicted octanol–water partition coefficient (Wildman–Crippen LogP) is 11.8. The van der Waals surface area contributed by atoms with Crippen molar-refractivity contribution in [2.75, 3.05) is 0 Å². The van der Waals surface area contributed by atoms with Gasteiger partial charge in [-0.25, -0.2) is 4.98 Å². The lowest BCUT2D eigenvalue weighted by Gasteiger charge is -2.32. The lowest BCUT2D eigenvalue weighted by atomic mass is 9.70. The molecule has 6 aromatic carbocycles. The van der Waals surface area contributed by atoms with E-state index in [1.54, 1.807) is 11.3 Å². The number of aryl methyl sites for hydroxylation is 2. The molecule has 49 heavy (non-hydrogen) atoms. The van der Waals surface area contributed by atoms with Crippen LogP contribution in [0.1, 0.15) is 33.5 Å². The SMILES string of the molecule is Cc1cccc(C)c1-c1cc(Oc2cccc(C3(c4ccccn4)c4ccccc4-c4ccccc43)c2)cc(-c2nc3ccccc3s2)c1. The lowest BCUT2D eigenvalue weighted by molar-refractivity contribution is 0.481. The Morgan fingerprint density at radius 2 is 1.24 bits per heavy atom. The van der Waals surface area contributed by atoms with Crippen LogP contribution in [0.3, 0.4) is 0 Å². The molecule has 2 aromatic heterocycles. The van der Waals surface area contributed by atoms with E-state index in [2.05, 4.69) is 147 Å². The van der Waals surface area contributed by atoms with Crippen molar-refractivity contribution in [2.24, 2.45) is 0 Å². The number of pyridine rings is 1. The van der Waals surface area contributed by atoms with E-state index >= 15 is 0 Å². The van der Waals surface area contributed by atoms with Gasteiger partial charge in [-0.05, 0) is 119 Å². The van der Waals surface area contributed by atoms with Gasteiger partial charge in [0, 0.05) is 11.8 Å². The van der Waals surface area contributed by atoms with Crippen molar-refractivity contribution in [3.63, 3.8) is 0 Å². The first-order valence-corrected chi connectivity index (χ1v) is 17.4. The smallest absolute Gasteiger partial charge is 0.128 e. The highest BCUT2D eigenvalue weighted by Crippen LogP contribution is 2.56. The average molecular weight is 649 g/mol. The highest BCUT2D eigenvalue weighted by Gasteiger charge is 2.47. The number of hydrogen-bond acceptors (Lipinski definition) is 4. The molecule has 3 nitrogen and oxygen atoms in total. The van der Waals surface area contributed by atoms with Crippen LogP contribution in [0.2, 0.25) is 0 Å². The van der Waals surface area contributed by atoms with Gasteiger partial charge in [-0.15, -0.1) is 11.3 Å². The molecule has 2 heterocycles. The van der Waals surface area contributed by atoms with E-state index in [-0.39, 0.29) is 0 Å². The second-order valence-electron chi connectivity index (χ2n) is 12.7. The van der Waals surface area contributed by atoms with Crippen molar-refractivity contribution < 1.29 is 4.74 Å². The molecule has 0 atom stereocenters. The topological polar surface area (TPSA) is 35.0 Å². The van der Waals surface area contributed by atoms with E-state index in [1.807, 2.05) is 24.4 Å². The summed E-state index contributed by atoms with van der Waals surface area (Å²) in [4.78, 5) is 10.0. The van der Waals surface area contributed by atoms with Crippen molar-refractivity contribution in [3.05, 3.63) is 191 Å². The number of rotatable bonds is 6. The van der Waals surface area contributed by atoms with Crippen LogP contribution in [0.25, 0.3) is 43.0 Å². The van der Waals surface area contributed by atoms with Crippen molar-refractivity contribution in [1.82, 2.24) is 9.97 Å². The summed E-state index contributed by atoms with van der Waals surface area (Å²) < 4.78 is 8.04. The van der Waals surface area contributed by atoms with Crippen LogP contribution in [0.5, 0.6) is 11.5 Å². The summed E-state index contributed by atoms with van der Waals surface area (Å²) in [6.07, 6.45) is 1.89. The largest absolute Gasteiger partial charge is 0.457 e. The monoisotopic (exact) mass is 648 g/mol. The Morgan fingerprint density at radius 3 is 1.98 bits per heavy atom. The number of benzene rings is 6. The fourth-order valence-corrected chi connectivity index (χ4v) is 8.63. The van der Waals surface area contributed by atoms with E-state index in [4.69, 9.17) is 14.7 Å². The van der Waals surface area contributed by atoms with E-state index in [0.29, 0.717) is 0 Å². The molecule has 0 saturated heterocycles. The summed E-state index contributed by atoms with van der Waals surface area (Å²) in [5, 5.41) is 0.973. The highest BCUT2D eigenvalue weighted by molar-refractivity contribution is 7.21. The second kappa shape index (κ2) is 11.7. The Bertz CT molecular complexity index is 2420. The van der Waals surface area contributed by atoms with E-state index in [1.165, 1.54) is 43.6 Å². The maximum Gasteiger partial charge on any atom is 0.128 e. The fraction of sp³-hybridized carbons (Fsp3) is 0.0667. The van der Waals surface area contributed by atoms with Gasteiger partial charge in [0.25, 0.3) is 0 Å². The normalized spacial score (nSPS) is 12.9. The molecular formula is C45H32N2OS. The Balaban J connectivity index is 1.21. The summed E-state index contributed by atoms with van der Waals surface area (Å²) in [5.74, 6) is 1.54. The first-order valence-electron chi connectivity index (χ1n) is 16.6. The molecule has 9 rings (SSSR count). The van der Waals surface area contributed by atoms with Gasteiger partial charge in [-0.1, -0.05) is 97.1 Å². The number of aromatic nitrogens is 2. The van der Waals surface area contributed by atoms with Crippen LogP contribution < -0.4 is 4.74 Å². The standard InChI is InChI=1S/C45H32N2OS/c1-29-13-11-14-30(2)43(29)31-25-32(44-47-40-21-7-8-22-41(40)49-44)27-35(26-31)48-34-16-12-15-33(28-34)45(42-23-9-10-24-46-42)38-19-5-3-17-36(38)37-18-4-6-20-39(37)45/h3-28H,1-2H3. The van der Waals surface area contributed by atoms with Gasteiger partial charge in [0.15, 0.2) is 0 Å². The van der Waals surface area contributed by atoms with Crippen molar-refractivity contribution in [3.8, 4) is 44.3 Å². The zero-order valence-electron chi connectivity index (χ0n) is 27.2. The van der Waals surface area contributed by atoms with E-state index in [9.17, 15) is 0 Å². The minimum absolute atomic E-state index is 0.597. The Morgan fingerprint density at radius 1 is 0.571 bits per heavy atom. The van der Waals surface area contributed by atoms with E-state index in [0.717, 1.165) is 44.4 Å². The summed E-state index contributed by atoms with van der Waals surface area (Å²) in [6.45, 7) is 4.34. The number of thiazole rings is 1. The van der Waals surface area contributed by atoms with Gasteiger partial charge in [0.2, 0.25) is 0 Å². The molecule has 0 amide bonds. The lowest BCUT2D eigenvalue weighted by Crippen LogP contribution is -2.29. The Labute approximate surface area is 290 Å². The number of nitrogens with zero attached hydrogens (tertiary/aromatic N) is 2. The Kier molecular flexibility index (Phi) is 6.99. The summed E-state index contributed by atoms with van der Waals surface area (Å²) in [5.41, 5.74) is 13.2. The van der Waals surface area contributed by atoms with Gasteiger partial charge in [0.1, 0.15) is 16.5 Å². The predicted molar refractivity (Wildman–Crippen MR) is 202 cm³/mol. The molecule has 0 spiro atoms. The first kappa shape index (κ1) is 29.3. The first-order chi connectivity index (χ1) is 24.1. The number of hydrogen-bond donors (Lipinski definition) is 0. The molecule has 4 heteroatoms. The molecule has 234 valence electrons. The number of fused-ring (bicyclic) bond motifs is 4. The third kappa shape index (κ3) is 4.79. The minimum Gasteiger partial charge on any atom is -0.457 e.